The Bertz CT molecular complexity index is 1020. The van der Waals surface area contributed by atoms with E-state index in [0.717, 1.165) is 16.6 Å². The molecule has 0 amide bonds. The van der Waals surface area contributed by atoms with E-state index in [-0.39, 0.29) is 17.4 Å². The third-order valence-electron chi connectivity index (χ3n) is 4.78. The minimum atomic E-state index is -0.258. The molecule has 0 unspecified atom stereocenters. The zero-order valence-electron chi connectivity index (χ0n) is 14.4. The normalized spacial score (nSPS) is 14.7. The highest BCUT2D eigenvalue weighted by molar-refractivity contribution is 6.23. The van der Waals surface area contributed by atoms with Gasteiger partial charge < -0.3 is 14.6 Å². The maximum atomic E-state index is 13.0. The lowest BCUT2D eigenvalue weighted by molar-refractivity contribution is 0.351. The number of aliphatic hydroxyl groups is 1. The van der Waals surface area contributed by atoms with Crippen molar-refractivity contribution in [3.63, 3.8) is 0 Å². The first kappa shape index (κ1) is 16.3. The van der Waals surface area contributed by atoms with E-state index in [9.17, 15) is 9.50 Å². The molecule has 1 aliphatic rings. The summed E-state index contributed by atoms with van der Waals surface area (Å²) in [4.78, 5) is 6.41. The molecular weight excluding hydrogens is 331 g/mol. The van der Waals surface area contributed by atoms with Gasteiger partial charge in [-0.3, -0.25) is 5.41 Å². The monoisotopic (exact) mass is 350 g/mol. The van der Waals surface area contributed by atoms with Crippen LogP contribution in [-0.2, 0) is 13.5 Å². The highest BCUT2D eigenvalue weighted by atomic mass is 19.1. The Kier molecular flexibility index (Phi) is 3.95. The first-order chi connectivity index (χ1) is 12.5. The molecule has 2 aromatic carbocycles. The molecule has 0 aliphatic carbocycles. The number of halogens is 1. The molecule has 26 heavy (non-hydrogen) atoms. The number of nitrogens with zero attached hydrogens (tertiary/aromatic N) is 3. The van der Waals surface area contributed by atoms with Crippen molar-refractivity contribution in [1.29, 1.82) is 5.41 Å². The van der Waals surface area contributed by atoms with Crippen molar-refractivity contribution in [3.05, 3.63) is 71.5 Å². The maximum absolute atomic E-state index is 13.0. The van der Waals surface area contributed by atoms with Crippen LogP contribution in [0.25, 0.3) is 16.6 Å². The van der Waals surface area contributed by atoms with Crippen LogP contribution in [-0.4, -0.2) is 38.5 Å². The number of amidine groups is 1. The summed E-state index contributed by atoms with van der Waals surface area (Å²) in [6.07, 6.45) is 0.672. The number of aryl methyl sites for hydroxylation is 1. The van der Waals surface area contributed by atoms with Crippen molar-refractivity contribution in [2.24, 2.45) is 7.05 Å². The van der Waals surface area contributed by atoms with Crippen molar-refractivity contribution < 1.29 is 9.50 Å². The molecule has 132 valence electrons. The van der Waals surface area contributed by atoms with Crippen LogP contribution in [0.3, 0.4) is 0 Å². The van der Waals surface area contributed by atoms with Crippen LogP contribution in [0.4, 0.5) is 4.39 Å². The summed E-state index contributed by atoms with van der Waals surface area (Å²) in [5, 5.41) is 19.0. The van der Waals surface area contributed by atoms with Gasteiger partial charge in [-0.15, -0.1) is 0 Å². The minimum Gasteiger partial charge on any atom is -0.510 e. The molecule has 2 N–H and O–H groups in total. The molecule has 1 aliphatic heterocycles. The highest BCUT2D eigenvalue weighted by Crippen LogP contribution is 2.28. The Morgan fingerprint density at radius 3 is 2.62 bits per heavy atom. The number of aromatic nitrogens is 2. The Morgan fingerprint density at radius 2 is 1.88 bits per heavy atom. The average Bonchev–Trinajstić information content (AvgIpc) is 3.11. The number of nitrogens with one attached hydrogen (secondary N) is 1. The van der Waals surface area contributed by atoms with Crippen LogP contribution in [0.5, 0.6) is 0 Å². The number of hydrogen-bond acceptors (Lipinski definition) is 3. The van der Waals surface area contributed by atoms with Crippen molar-refractivity contribution in [3.8, 4) is 0 Å². The van der Waals surface area contributed by atoms with Crippen LogP contribution >= 0.6 is 0 Å². The summed E-state index contributed by atoms with van der Waals surface area (Å²) in [5.41, 5.74) is 3.26. The van der Waals surface area contributed by atoms with Gasteiger partial charge in [0.05, 0.1) is 23.2 Å². The Morgan fingerprint density at radius 1 is 1.15 bits per heavy atom. The average molecular weight is 350 g/mol. The summed E-state index contributed by atoms with van der Waals surface area (Å²) in [7, 11) is 1.89. The van der Waals surface area contributed by atoms with E-state index in [1.54, 1.807) is 12.1 Å². The molecule has 0 spiro atoms. The first-order valence-electron chi connectivity index (χ1n) is 8.47. The third kappa shape index (κ3) is 2.73. The number of hydrogen-bond donors (Lipinski definition) is 2. The van der Waals surface area contributed by atoms with Crippen molar-refractivity contribution in [1.82, 2.24) is 14.5 Å². The Labute approximate surface area is 150 Å². The molecule has 2 heterocycles. The van der Waals surface area contributed by atoms with Gasteiger partial charge in [0.2, 0.25) is 0 Å². The van der Waals surface area contributed by atoms with Crippen LogP contribution in [0, 0.1) is 11.2 Å². The molecule has 1 aromatic heterocycles. The number of fused-ring (bicyclic) bond motifs is 1. The summed E-state index contributed by atoms with van der Waals surface area (Å²) in [6.45, 7) is 0.862. The second kappa shape index (κ2) is 6.29. The fourth-order valence-corrected chi connectivity index (χ4v) is 3.34. The zero-order valence-corrected chi connectivity index (χ0v) is 14.4. The first-order valence-corrected chi connectivity index (χ1v) is 8.47. The number of para-hydroxylation sites is 2. The quantitative estimate of drug-likeness (QED) is 0.757. The van der Waals surface area contributed by atoms with Gasteiger partial charge in [-0.05, 0) is 36.2 Å². The molecule has 5 nitrogen and oxygen atoms in total. The van der Waals surface area contributed by atoms with Gasteiger partial charge in [0, 0.05) is 13.6 Å². The zero-order chi connectivity index (χ0) is 18.3. The number of rotatable bonds is 4. The number of aliphatic hydroxyl groups excluding tert-OH is 1. The van der Waals surface area contributed by atoms with Gasteiger partial charge in [-0.1, -0.05) is 24.3 Å². The molecule has 0 bridgehead atoms. The van der Waals surface area contributed by atoms with Gasteiger partial charge in [-0.25, -0.2) is 9.37 Å². The van der Waals surface area contributed by atoms with Gasteiger partial charge in [-0.2, -0.15) is 0 Å². The van der Waals surface area contributed by atoms with E-state index in [1.165, 1.54) is 12.1 Å². The van der Waals surface area contributed by atoms with E-state index in [1.807, 2.05) is 40.8 Å². The topological polar surface area (TPSA) is 65.1 Å². The molecule has 6 heteroatoms. The lowest BCUT2D eigenvalue weighted by Crippen LogP contribution is -2.29. The molecule has 0 saturated heterocycles. The Hall–Kier alpha value is -3.15. The molecule has 0 atom stereocenters. The van der Waals surface area contributed by atoms with Gasteiger partial charge in [0.15, 0.2) is 0 Å². The molecule has 0 radical (unpaired) electrons. The van der Waals surface area contributed by atoms with E-state index < -0.39 is 0 Å². The minimum absolute atomic E-state index is 0.160. The summed E-state index contributed by atoms with van der Waals surface area (Å²) < 4.78 is 14.9. The second-order valence-electron chi connectivity index (χ2n) is 6.45. The summed E-state index contributed by atoms with van der Waals surface area (Å²) in [5.74, 6) is 0.764. The number of benzene rings is 2. The summed E-state index contributed by atoms with van der Waals surface area (Å²) >= 11 is 0. The van der Waals surface area contributed by atoms with Crippen LogP contribution < -0.4 is 0 Å². The van der Waals surface area contributed by atoms with E-state index in [4.69, 9.17) is 5.41 Å². The lowest BCUT2D eigenvalue weighted by atomic mass is 10.1. The summed E-state index contributed by atoms with van der Waals surface area (Å²) in [6, 6.07) is 14.1. The number of imidazole rings is 1. The van der Waals surface area contributed by atoms with Crippen LogP contribution in [0.15, 0.2) is 54.3 Å². The van der Waals surface area contributed by atoms with Crippen LogP contribution in [0.2, 0.25) is 0 Å². The Balaban J connectivity index is 1.56. The molecule has 3 aromatic rings. The molecule has 0 fully saturated rings. The van der Waals surface area contributed by atoms with Crippen molar-refractivity contribution >= 4 is 22.4 Å². The molecular formula is C20H19FN4O. The fourth-order valence-electron chi connectivity index (χ4n) is 3.34. The SMILES string of the molecule is Cn1c(C2=C(O)CN(CCc3ccc(F)cc3)C2=N)nc2ccccc21. The van der Waals surface area contributed by atoms with Gasteiger partial charge in [0.1, 0.15) is 23.2 Å². The standard InChI is InChI=1S/C20H19FN4O/c1-24-16-5-3-2-4-15(16)23-20(24)18-17(26)12-25(19(18)22)11-10-13-6-8-14(21)9-7-13/h2-9,22,26H,10-12H2,1H3. The van der Waals surface area contributed by atoms with Crippen molar-refractivity contribution in [2.45, 2.75) is 6.42 Å². The van der Waals surface area contributed by atoms with E-state index in [0.29, 0.717) is 30.9 Å². The largest absolute Gasteiger partial charge is 0.510 e. The van der Waals surface area contributed by atoms with E-state index in [2.05, 4.69) is 4.98 Å². The van der Waals surface area contributed by atoms with Gasteiger partial charge in [0.25, 0.3) is 0 Å². The highest BCUT2D eigenvalue weighted by Gasteiger charge is 2.31. The molecule has 4 rings (SSSR count). The van der Waals surface area contributed by atoms with Gasteiger partial charge >= 0.3 is 0 Å². The predicted octanol–water partition coefficient (Wildman–Crippen LogP) is 3.52. The fraction of sp³-hybridized carbons (Fsp3) is 0.200. The lowest BCUT2D eigenvalue weighted by Gasteiger charge is -2.18. The predicted molar refractivity (Wildman–Crippen MR) is 99.7 cm³/mol. The third-order valence-corrected chi connectivity index (χ3v) is 4.78. The second-order valence-corrected chi connectivity index (χ2v) is 6.45. The molecule has 0 saturated carbocycles. The maximum Gasteiger partial charge on any atom is 0.148 e. The van der Waals surface area contributed by atoms with Crippen molar-refractivity contribution in [2.75, 3.05) is 13.1 Å². The van der Waals surface area contributed by atoms with Crippen LogP contribution in [0.1, 0.15) is 11.4 Å². The van der Waals surface area contributed by atoms with E-state index >= 15 is 0 Å². The smallest absolute Gasteiger partial charge is 0.148 e.